The van der Waals surface area contributed by atoms with Crippen molar-refractivity contribution in [2.45, 2.75) is 51.4 Å². The topological polar surface area (TPSA) is 187 Å². The highest BCUT2D eigenvalue weighted by molar-refractivity contribution is 7.53. The molecule has 1 aliphatic rings. The van der Waals surface area contributed by atoms with E-state index < -0.39 is 31.1 Å². The van der Waals surface area contributed by atoms with Gasteiger partial charge in [-0.2, -0.15) is 4.98 Å². The van der Waals surface area contributed by atoms with Gasteiger partial charge < -0.3 is 33.1 Å². The van der Waals surface area contributed by atoms with Crippen molar-refractivity contribution in [2.75, 3.05) is 25.8 Å². The Hall–Kier alpha value is -3.78. The summed E-state index contributed by atoms with van der Waals surface area (Å²) in [4.78, 5) is 34.3. The van der Waals surface area contributed by atoms with E-state index in [0.29, 0.717) is 11.3 Å². The predicted molar refractivity (Wildman–Crippen MR) is 142 cm³/mol. The van der Waals surface area contributed by atoms with Crippen LogP contribution in [0.4, 0.5) is 10.3 Å². The normalized spacial score (nSPS) is 15.5. The number of aromatic amines is 1. The third-order valence-electron chi connectivity index (χ3n) is 6.66. The van der Waals surface area contributed by atoms with Crippen molar-refractivity contribution >= 4 is 24.7 Å². The molecule has 16 heteroatoms. The summed E-state index contributed by atoms with van der Waals surface area (Å²) in [5.41, 5.74) is 5.92. The number of H-pyrrole nitrogens is 1. The van der Waals surface area contributed by atoms with Crippen molar-refractivity contribution in [3.63, 3.8) is 0 Å². The average molecular weight is 594 g/mol. The molecule has 5 rings (SSSR count). The molecule has 4 aromatic rings. The van der Waals surface area contributed by atoms with Crippen LogP contribution in [-0.2, 0) is 38.1 Å². The summed E-state index contributed by atoms with van der Waals surface area (Å²) < 4.78 is 61.8. The Labute approximate surface area is 232 Å². The van der Waals surface area contributed by atoms with Gasteiger partial charge in [-0.25, -0.2) is 14.2 Å². The van der Waals surface area contributed by atoms with Gasteiger partial charge in [0.1, 0.15) is 13.0 Å². The van der Waals surface area contributed by atoms with E-state index in [-0.39, 0.29) is 60.9 Å². The van der Waals surface area contributed by atoms with E-state index in [0.717, 1.165) is 25.7 Å². The third kappa shape index (κ3) is 6.76. The zero-order valence-electron chi connectivity index (χ0n) is 22.2. The third-order valence-corrected chi connectivity index (χ3v) is 8.20. The van der Waals surface area contributed by atoms with E-state index in [1.54, 1.807) is 10.6 Å². The van der Waals surface area contributed by atoms with Crippen molar-refractivity contribution in [1.82, 2.24) is 19.5 Å². The van der Waals surface area contributed by atoms with Gasteiger partial charge in [-0.1, -0.05) is 18.9 Å². The smallest absolute Gasteiger partial charge is 0.494 e. The first-order valence-corrected chi connectivity index (χ1v) is 14.6. The van der Waals surface area contributed by atoms with E-state index >= 15 is 0 Å². The van der Waals surface area contributed by atoms with Crippen molar-refractivity contribution in [3.8, 4) is 5.75 Å². The van der Waals surface area contributed by atoms with Crippen LogP contribution < -0.4 is 21.9 Å². The molecular formula is C25H29FN5O9P. The van der Waals surface area contributed by atoms with Crippen LogP contribution in [0.5, 0.6) is 5.75 Å². The molecule has 14 nitrogen and oxygen atoms in total. The first kappa shape index (κ1) is 28.7. The molecule has 3 heterocycles. The van der Waals surface area contributed by atoms with Gasteiger partial charge in [0.05, 0.1) is 26.7 Å². The fourth-order valence-corrected chi connectivity index (χ4v) is 5.87. The Morgan fingerprint density at radius 2 is 1.98 bits per heavy atom. The highest BCUT2D eigenvalue weighted by Crippen LogP contribution is 2.50. The number of nitrogens with zero attached hydrogens (tertiary/aromatic N) is 3. The van der Waals surface area contributed by atoms with E-state index in [1.807, 2.05) is 0 Å². The van der Waals surface area contributed by atoms with Gasteiger partial charge in [-0.05, 0) is 30.5 Å². The van der Waals surface area contributed by atoms with Crippen LogP contribution in [0.2, 0.25) is 0 Å². The standard InChI is InChI=1S/C25H29FN5O9P/c1-35-18-7-6-15(10-17(18)26)11-37-41(34,38-12-19-21(40-25(33)39-19)16-4-2-3-5-16)14-36-9-8-31-13-28-20-22(31)29-24(27)30-23(20)32/h6-7,10,13,16H,2-5,8-9,11-12,14H2,1H3,(H3,27,29,30,32). The quantitative estimate of drug-likeness (QED) is 0.169. The molecule has 0 radical (unpaired) electrons. The number of anilines is 1. The summed E-state index contributed by atoms with van der Waals surface area (Å²) >= 11 is 0. The average Bonchev–Trinajstić information content (AvgIpc) is 3.69. The van der Waals surface area contributed by atoms with Crippen molar-refractivity contribution in [3.05, 3.63) is 68.4 Å². The van der Waals surface area contributed by atoms with Gasteiger partial charge in [0, 0.05) is 12.5 Å². The summed E-state index contributed by atoms with van der Waals surface area (Å²) in [6, 6.07) is 4.18. The number of nitrogen functional groups attached to an aromatic ring is 1. The molecule has 0 aliphatic heterocycles. The van der Waals surface area contributed by atoms with Crippen LogP contribution in [0, 0.1) is 5.82 Å². The number of nitrogens with one attached hydrogen (secondary N) is 1. The maximum absolute atomic E-state index is 14.2. The number of fused-ring (bicyclic) bond motifs is 1. The number of nitrogens with two attached hydrogens (primary N) is 1. The maximum Gasteiger partial charge on any atom is 0.519 e. The number of hydrogen-bond acceptors (Lipinski definition) is 12. The second-order valence-electron chi connectivity index (χ2n) is 9.45. The number of methoxy groups -OCH3 is 1. The lowest BCUT2D eigenvalue weighted by atomic mass is 10.0. The fourth-order valence-electron chi connectivity index (χ4n) is 4.63. The second-order valence-corrected chi connectivity index (χ2v) is 11.4. The van der Waals surface area contributed by atoms with Crippen LogP contribution in [0.15, 0.2) is 42.9 Å². The minimum absolute atomic E-state index is 0.0127. The Morgan fingerprint density at radius 1 is 1.20 bits per heavy atom. The molecule has 0 spiro atoms. The van der Waals surface area contributed by atoms with E-state index in [2.05, 4.69) is 15.0 Å². The lowest BCUT2D eigenvalue weighted by molar-refractivity contribution is 0.113. The number of aromatic nitrogens is 4. The number of ether oxygens (including phenoxy) is 2. The van der Waals surface area contributed by atoms with Crippen LogP contribution in [0.1, 0.15) is 48.7 Å². The summed E-state index contributed by atoms with van der Waals surface area (Å²) in [5.74, 6) is -0.954. The first-order chi connectivity index (χ1) is 19.7. The lowest BCUT2D eigenvalue weighted by Gasteiger charge is -2.19. The largest absolute Gasteiger partial charge is 0.519 e. The van der Waals surface area contributed by atoms with Crippen LogP contribution in [0.3, 0.4) is 0 Å². The van der Waals surface area contributed by atoms with Crippen molar-refractivity contribution < 1.29 is 36.3 Å². The second kappa shape index (κ2) is 12.4. The maximum atomic E-state index is 14.2. The summed E-state index contributed by atoms with van der Waals surface area (Å²) in [5, 5.41) is 0. The van der Waals surface area contributed by atoms with Crippen molar-refractivity contribution in [1.29, 1.82) is 0 Å². The highest BCUT2D eigenvalue weighted by atomic mass is 31.2. The van der Waals surface area contributed by atoms with Crippen LogP contribution in [0.25, 0.3) is 11.2 Å². The zero-order valence-corrected chi connectivity index (χ0v) is 23.1. The zero-order chi connectivity index (χ0) is 29.0. The van der Waals surface area contributed by atoms with Gasteiger partial charge in [0.2, 0.25) is 5.95 Å². The molecule has 220 valence electrons. The van der Waals surface area contributed by atoms with Gasteiger partial charge in [0.15, 0.2) is 34.3 Å². The van der Waals surface area contributed by atoms with E-state index in [9.17, 15) is 18.5 Å². The molecule has 0 amide bonds. The van der Waals surface area contributed by atoms with Crippen LogP contribution >= 0.6 is 7.60 Å². The Morgan fingerprint density at radius 3 is 2.73 bits per heavy atom. The molecule has 1 unspecified atom stereocenters. The van der Waals surface area contributed by atoms with Gasteiger partial charge in [-0.15, -0.1) is 0 Å². The summed E-state index contributed by atoms with van der Waals surface area (Å²) in [6.45, 7) is -0.405. The first-order valence-electron chi connectivity index (χ1n) is 12.9. The molecule has 41 heavy (non-hydrogen) atoms. The SMILES string of the molecule is COc1ccc(COP(=O)(COCCn2cnc3c(=O)[nH]c(N)nc32)OCc2oc(=O)oc2C2CCCC2)cc1F. The monoisotopic (exact) mass is 593 g/mol. The van der Waals surface area contributed by atoms with Gasteiger partial charge >= 0.3 is 13.4 Å². The number of halogens is 1. The molecule has 0 saturated heterocycles. The fraction of sp³-hybridized carbons (Fsp3) is 0.440. The molecule has 1 fully saturated rings. The van der Waals surface area contributed by atoms with E-state index in [4.69, 9.17) is 33.1 Å². The number of imidazole rings is 1. The molecule has 3 aromatic heterocycles. The molecule has 1 atom stereocenters. The highest BCUT2D eigenvalue weighted by Gasteiger charge is 2.31. The summed E-state index contributed by atoms with van der Waals surface area (Å²) in [6.07, 6.45) is 4.60. The predicted octanol–water partition coefficient (Wildman–Crippen LogP) is 3.65. The number of rotatable bonds is 13. The molecule has 1 saturated carbocycles. The molecular weight excluding hydrogens is 564 g/mol. The molecule has 3 N–H and O–H groups in total. The van der Waals surface area contributed by atoms with Crippen molar-refractivity contribution in [2.24, 2.45) is 0 Å². The van der Waals surface area contributed by atoms with Gasteiger partial charge in [-0.3, -0.25) is 18.9 Å². The van der Waals surface area contributed by atoms with E-state index in [1.165, 1.54) is 25.6 Å². The lowest BCUT2D eigenvalue weighted by Crippen LogP contribution is -2.13. The Balaban J connectivity index is 1.27. The summed E-state index contributed by atoms with van der Waals surface area (Å²) in [7, 11) is -2.65. The van der Waals surface area contributed by atoms with Crippen LogP contribution in [-0.4, -0.2) is 39.6 Å². The Bertz CT molecular complexity index is 1670. The Kier molecular flexibility index (Phi) is 8.68. The number of hydrogen-bond donors (Lipinski definition) is 2. The molecule has 1 aromatic carbocycles. The molecule has 0 bridgehead atoms. The van der Waals surface area contributed by atoms with Gasteiger partial charge in [0.25, 0.3) is 5.56 Å². The number of benzene rings is 1. The minimum atomic E-state index is -3.99. The molecule has 1 aliphatic carbocycles. The minimum Gasteiger partial charge on any atom is -0.494 e.